The van der Waals surface area contributed by atoms with Crippen LogP contribution in [0.25, 0.3) is 0 Å². The third-order valence-corrected chi connectivity index (χ3v) is 4.98. The SMILES string of the molecule is CNC(C)(CO)CCCCOC1CCC(C)C(C)C1. The highest BCUT2D eigenvalue weighted by Gasteiger charge is 2.25. The van der Waals surface area contributed by atoms with Crippen molar-refractivity contribution in [2.75, 3.05) is 20.3 Å². The fourth-order valence-corrected chi connectivity index (χ4v) is 2.80. The smallest absolute Gasteiger partial charge is 0.0610 e. The maximum absolute atomic E-state index is 9.31. The molecule has 0 heterocycles. The molecule has 0 bridgehead atoms. The van der Waals surface area contributed by atoms with Crippen LogP contribution in [0.2, 0.25) is 0 Å². The largest absolute Gasteiger partial charge is 0.394 e. The molecule has 0 aromatic carbocycles. The van der Waals surface area contributed by atoms with E-state index < -0.39 is 0 Å². The van der Waals surface area contributed by atoms with Crippen LogP contribution in [0, 0.1) is 11.8 Å². The van der Waals surface area contributed by atoms with Crippen LogP contribution < -0.4 is 5.32 Å². The summed E-state index contributed by atoms with van der Waals surface area (Å²) in [5.74, 6) is 1.67. The van der Waals surface area contributed by atoms with E-state index in [0.29, 0.717) is 6.10 Å². The molecule has 0 saturated heterocycles. The second-order valence-corrected chi connectivity index (χ2v) is 6.69. The average Bonchev–Trinajstić information content (AvgIpc) is 2.42. The summed E-state index contributed by atoms with van der Waals surface area (Å²) in [4.78, 5) is 0. The summed E-state index contributed by atoms with van der Waals surface area (Å²) in [6.07, 6.45) is 7.46. The highest BCUT2D eigenvalue weighted by Crippen LogP contribution is 2.31. The molecule has 19 heavy (non-hydrogen) atoms. The van der Waals surface area contributed by atoms with E-state index in [1.165, 1.54) is 19.3 Å². The maximum atomic E-state index is 9.31. The van der Waals surface area contributed by atoms with E-state index in [2.05, 4.69) is 26.1 Å². The van der Waals surface area contributed by atoms with Gasteiger partial charge in [0.25, 0.3) is 0 Å². The van der Waals surface area contributed by atoms with E-state index >= 15 is 0 Å². The predicted octanol–water partition coefficient (Wildman–Crippen LogP) is 2.97. The molecule has 1 rings (SSSR count). The molecule has 3 heteroatoms. The number of unbranched alkanes of at least 4 members (excludes halogenated alkanes) is 1. The van der Waals surface area contributed by atoms with Gasteiger partial charge in [0.05, 0.1) is 12.7 Å². The lowest BCUT2D eigenvalue weighted by molar-refractivity contribution is 0.000303. The standard InChI is InChI=1S/C16H33NO2/c1-13-7-8-15(11-14(13)2)19-10-6-5-9-16(3,12-18)17-4/h13-15,17-18H,5-12H2,1-4H3. The van der Waals surface area contributed by atoms with E-state index in [9.17, 15) is 5.11 Å². The molecule has 0 amide bonds. The Morgan fingerprint density at radius 3 is 2.53 bits per heavy atom. The number of aliphatic hydroxyl groups excluding tert-OH is 1. The fraction of sp³-hybridized carbons (Fsp3) is 1.00. The van der Waals surface area contributed by atoms with Crippen LogP contribution in [0.1, 0.15) is 59.3 Å². The normalized spacial score (nSPS) is 31.1. The second kappa shape index (κ2) is 8.23. The van der Waals surface area contributed by atoms with E-state index in [1.54, 1.807) is 0 Å². The second-order valence-electron chi connectivity index (χ2n) is 6.69. The van der Waals surface area contributed by atoms with Crippen molar-refractivity contribution in [3.63, 3.8) is 0 Å². The summed E-state index contributed by atoms with van der Waals surface area (Å²) < 4.78 is 6.00. The summed E-state index contributed by atoms with van der Waals surface area (Å²) in [6.45, 7) is 7.84. The van der Waals surface area contributed by atoms with Crippen molar-refractivity contribution in [3.8, 4) is 0 Å². The molecule has 0 aromatic heterocycles. The zero-order valence-electron chi connectivity index (χ0n) is 13.2. The monoisotopic (exact) mass is 271 g/mol. The molecule has 1 fully saturated rings. The highest BCUT2D eigenvalue weighted by atomic mass is 16.5. The minimum Gasteiger partial charge on any atom is -0.394 e. The molecule has 114 valence electrons. The Balaban J connectivity index is 2.08. The number of hydrogen-bond donors (Lipinski definition) is 2. The van der Waals surface area contributed by atoms with Gasteiger partial charge in [-0.1, -0.05) is 13.8 Å². The molecule has 2 N–H and O–H groups in total. The number of nitrogens with one attached hydrogen (secondary N) is 1. The summed E-state index contributed by atoms with van der Waals surface area (Å²) >= 11 is 0. The number of likely N-dealkylation sites (N-methyl/N-ethyl adjacent to an activating group) is 1. The van der Waals surface area contributed by atoms with Gasteiger partial charge in [-0.15, -0.1) is 0 Å². The number of aliphatic hydroxyl groups is 1. The molecule has 1 aliphatic rings. The van der Waals surface area contributed by atoms with Crippen molar-refractivity contribution in [1.82, 2.24) is 5.32 Å². The molecule has 0 aromatic rings. The summed E-state index contributed by atoms with van der Waals surface area (Å²) in [7, 11) is 1.91. The van der Waals surface area contributed by atoms with E-state index in [4.69, 9.17) is 4.74 Å². The quantitative estimate of drug-likeness (QED) is 0.667. The van der Waals surface area contributed by atoms with Gasteiger partial charge in [-0.3, -0.25) is 0 Å². The van der Waals surface area contributed by atoms with Crippen molar-refractivity contribution in [2.45, 2.75) is 70.9 Å². The molecule has 1 aliphatic carbocycles. The van der Waals surface area contributed by atoms with E-state index in [0.717, 1.165) is 37.7 Å². The first-order valence-corrected chi connectivity index (χ1v) is 7.92. The Labute approximate surface area is 119 Å². The van der Waals surface area contributed by atoms with Crippen molar-refractivity contribution in [1.29, 1.82) is 0 Å². The Bertz CT molecular complexity index is 241. The lowest BCUT2D eigenvalue weighted by atomic mass is 9.80. The van der Waals surface area contributed by atoms with Gasteiger partial charge < -0.3 is 15.2 Å². The Kier molecular flexibility index (Phi) is 7.33. The molecule has 3 nitrogen and oxygen atoms in total. The van der Waals surface area contributed by atoms with Crippen molar-refractivity contribution < 1.29 is 9.84 Å². The third kappa shape index (κ3) is 5.80. The lowest BCUT2D eigenvalue weighted by Gasteiger charge is -2.32. The fourth-order valence-electron chi connectivity index (χ4n) is 2.80. The van der Waals surface area contributed by atoms with Crippen LogP contribution in [0.5, 0.6) is 0 Å². The highest BCUT2D eigenvalue weighted by molar-refractivity contribution is 4.80. The average molecular weight is 271 g/mol. The molecule has 4 atom stereocenters. The first kappa shape index (κ1) is 16.9. The predicted molar refractivity (Wildman–Crippen MR) is 80.3 cm³/mol. The number of ether oxygens (including phenoxy) is 1. The van der Waals surface area contributed by atoms with Crippen LogP contribution in [0.3, 0.4) is 0 Å². The molecule has 0 aliphatic heterocycles. The van der Waals surface area contributed by atoms with Gasteiger partial charge in [0.15, 0.2) is 0 Å². The van der Waals surface area contributed by atoms with Gasteiger partial charge in [0, 0.05) is 12.1 Å². The Morgan fingerprint density at radius 1 is 1.21 bits per heavy atom. The van der Waals surface area contributed by atoms with Crippen LogP contribution in [0.15, 0.2) is 0 Å². The van der Waals surface area contributed by atoms with Gasteiger partial charge >= 0.3 is 0 Å². The third-order valence-electron chi connectivity index (χ3n) is 4.98. The van der Waals surface area contributed by atoms with Crippen LogP contribution in [-0.2, 0) is 4.74 Å². The van der Waals surface area contributed by atoms with Gasteiger partial charge in [0.1, 0.15) is 0 Å². The maximum Gasteiger partial charge on any atom is 0.0610 e. The minimum absolute atomic E-state index is 0.130. The lowest BCUT2D eigenvalue weighted by Crippen LogP contribution is -2.43. The van der Waals surface area contributed by atoms with Gasteiger partial charge in [-0.05, 0) is 64.3 Å². The van der Waals surface area contributed by atoms with E-state index in [1.807, 2.05) is 7.05 Å². The first-order chi connectivity index (χ1) is 9.00. The van der Waals surface area contributed by atoms with Crippen LogP contribution >= 0.6 is 0 Å². The number of rotatable bonds is 8. The summed E-state index contributed by atoms with van der Waals surface area (Å²) in [5, 5.41) is 12.5. The van der Waals surface area contributed by atoms with Gasteiger partial charge in [-0.2, -0.15) is 0 Å². The molecule has 4 unspecified atom stereocenters. The topological polar surface area (TPSA) is 41.5 Å². The molecular formula is C16H33NO2. The summed E-state index contributed by atoms with van der Waals surface area (Å²) in [5.41, 5.74) is -0.130. The van der Waals surface area contributed by atoms with Crippen molar-refractivity contribution >= 4 is 0 Å². The van der Waals surface area contributed by atoms with Crippen LogP contribution in [-0.4, -0.2) is 37.0 Å². The zero-order chi connectivity index (χ0) is 14.3. The first-order valence-electron chi connectivity index (χ1n) is 7.92. The van der Waals surface area contributed by atoms with Gasteiger partial charge in [-0.25, -0.2) is 0 Å². The number of hydrogen-bond acceptors (Lipinski definition) is 3. The Morgan fingerprint density at radius 2 is 1.95 bits per heavy atom. The van der Waals surface area contributed by atoms with Crippen LogP contribution in [0.4, 0.5) is 0 Å². The van der Waals surface area contributed by atoms with Gasteiger partial charge in [0.2, 0.25) is 0 Å². The molecule has 0 radical (unpaired) electrons. The van der Waals surface area contributed by atoms with Crippen molar-refractivity contribution in [3.05, 3.63) is 0 Å². The molecule has 0 spiro atoms. The molecular weight excluding hydrogens is 238 g/mol. The zero-order valence-corrected chi connectivity index (χ0v) is 13.2. The summed E-state index contributed by atoms with van der Waals surface area (Å²) in [6, 6.07) is 0. The molecule has 1 saturated carbocycles. The Hall–Kier alpha value is -0.120. The van der Waals surface area contributed by atoms with Crippen molar-refractivity contribution in [2.24, 2.45) is 11.8 Å². The minimum atomic E-state index is -0.130. The van der Waals surface area contributed by atoms with E-state index in [-0.39, 0.29) is 12.1 Å².